The number of rotatable bonds is 7. The van der Waals surface area contributed by atoms with E-state index in [1.54, 1.807) is 0 Å². The lowest BCUT2D eigenvalue weighted by Crippen LogP contribution is -2.36. The van der Waals surface area contributed by atoms with E-state index in [-0.39, 0.29) is 31.4 Å². The first-order valence-corrected chi connectivity index (χ1v) is 9.26. The normalized spacial score (nSPS) is 14.5. The lowest BCUT2D eigenvalue weighted by molar-refractivity contribution is -0.148. The van der Waals surface area contributed by atoms with Crippen molar-refractivity contribution in [1.82, 2.24) is 5.32 Å². The van der Waals surface area contributed by atoms with Crippen molar-refractivity contribution in [2.75, 3.05) is 11.9 Å². The summed E-state index contributed by atoms with van der Waals surface area (Å²) in [4.78, 5) is 35.5. The number of nitrogens with one attached hydrogen (secondary N) is 2. The Balaban J connectivity index is 1.64. The van der Waals surface area contributed by atoms with Crippen molar-refractivity contribution >= 4 is 23.5 Å². The molecule has 6 heteroatoms. The summed E-state index contributed by atoms with van der Waals surface area (Å²) < 4.78 is 4.95. The van der Waals surface area contributed by atoms with Crippen LogP contribution in [0.2, 0.25) is 0 Å². The molecule has 1 saturated carbocycles. The van der Waals surface area contributed by atoms with Crippen LogP contribution in [0.5, 0.6) is 0 Å². The maximum Gasteiger partial charge on any atom is 0.306 e. The first-order valence-electron chi connectivity index (χ1n) is 9.26. The summed E-state index contributed by atoms with van der Waals surface area (Å²) in [6, 6.07) is 5.92. The Hall–Kier alpha value is -2.37. The van der Waals surface area contributed by atoms with E-state index in [4.69, 9.17) is 4.74 Å². The molecule has 1 aliphatic carbocycles. The number of amides is 2. The highest BCUT2D eigenvalue weighted by atomic mass is 16.5. The molecule has 2 amide bonds. The molecule has 2 N–H and O–H groups in total. The molecule has 0 saturated heterocycles. The van der Waals surface area contributed by atoms with Crippen LogP contribution in [0, 0.1) is 13.8 Å². The van der Waals surface area contributed by atoms with Crippen LogP contribution in [-0.2, 0) is 19.1 Å². The fourth-order valence-corrected chi connectivity index (χ4v) is 3.12. The fraction of sp³-hybridized carbons (Fsp3) is 0.550. The molecular weight excluding hydrogens is 332 g/mol. The van der Waals surface area contributed by atoms with Gasteiger partial charge in [0.15, 0.2) is 6.61 Å². The highest BCUT2D eigenvalue weighted by Crippen LogP contribution is 2.17. The summed E-state index contributed by atoms with van der Waals surface area (Å²) >= 11 is 0. The van der Waals surface area contributed by atoms with Crippen molar-refractivity contribution in [3.63, 3.8) is 0 Å². The van der Waals surface area contributed by atoms with Gasteiger partial charge in [0.2, 0.25) is 5.91 Å². The zero-order valence-corrected chi connectivity index (χ0v) is 15.6. The smallest absolute Gasteiger partial charge is 0.306 e. The molecule has 0 aliphatic heterocycles. The SMILES string of the molecule is Cc1ccc(NC(=O)COC(=O)CCC(=O)NC2CCCCC2)c(C)c1. The molecule has 1 aromatic carbocycles. The van der Waals surface area contributed by atoms with Crippen LogP contribution in [0.15, 0.2) is 18.2 Å². The molecule has 0 radical (unpaired) electrons. The Morgan fingerprint density at radius 1 is 1.04 bits per heavy atom. The van der Waals surface area contributed by atoms with E-state index in [2.05, 4.69) is 10.6 Å². The molecule has 1 aliphatic rings. The Bertz CT molecular complexity index is 651. The summed E-state index contributed by atoms with van der Waals surface area (Å²) in [5.74, 6) is -1.06. The second kappa shape index (κ2) is 9.94. The second-order valence-electron chi connectivity index (χ2n) is 6.93. The van der Waals surface area contributed by atoms with Crippen LogP contribution in [0.1, 0.15) is 56.1 Å². The van der Waals surface area contributed by atoms with E-state index >= 15 is 0 Å². The van der Waals surface area contributed by atoms with Crippen LogP contribution in [-0.4, -0.2) is 30.4 Å². The van der Waals surface area contributed by atoms with Gasteiger partial charge < -0.3 is 15.4 Å². The number of hydrogen-bond donors (Lipinski definition) is 2. The third-order valence-electron chi connectivity index (χ3n) is 4.55. The van der Waals surface area contributed by atoms with E-state index in [0.717, 1.165) is 36.8 Å². The Kier molecular flexibility index (Phi) is 7.63. The molecule has 1 fully saturated rings. The lowest BCUT2D eigenvalue weighted by atomic mass is 9.95. The van der Waals surface area contributed by atoms with Crippen molar-refractivity contribution in [3.05, 3.63) is 29.3 Å². The summed E-state index contributed by atoms with van der Waals surface area (Å²) in [6.07, 6.45) is 5.60. The van der Waals surface area contributed by atoms with Crippen LogP contribution < -0.4 is 10.6 Å². The maximum absolute atomic E-state index is 11.9. The largest absolute Gasteiger partial charge is 0.456 e. The van der Waals surface area contributed by atoms with Crippen LogP contribution >= 0.6 is 0 Å². The minimum Gasteiger partial charge on any atom is -0.456 e. The molecule has 0 atom stereocenters. The minimum absolute atomic E-state index is 0.0185. The molecule has 0 aromatic heterocycles. The van der Waals surface area contributed by atoms with Crippen LogP contribution in [0.25, 0.3) is 0 Å². The quantitative estimate of drug-likeness (QED) is 0.732. The van der Waals surface area contributed by atoms with Gasteiger partial charge in [0.05, 0.1) is 6.42 Å². The Morgan fingerprint density at radius 3 is 2.46 bits per heavy atom. The molecule has 0 unspecified atom stereocenters. The fourth-order valence-electron chi connectivity index (χ4n) is 3.12. The number of benzene rings is 1. The number of carbonyl (C=O) groups is 3. The van der Waals surface area contributed by atoms with Crippen LogP contribution in [0.4, 0.5) is 5.69 Å². The van der Waals surface area contributed by atoms with Gasteiger partial charge in [-0.15, -0.1) is 0 Å². The summed E-state index contributed by atoms with van der Waals surface area (Å²) in [7, 11) is 0. The zero-order chi connectivity index (χ0) is 18.9. The zero-order valence-electron chi connectivity index (χ0n) is 15.6. The molecule has 1 aromatic rings. The number of aryl methyl sites for hydroxylation is 2. The molecule has 6 nitrogen and oxygen atoms in total. The summed E-state index contributed by atoms with van der Waals surface area (Å²) in [5, 5.41) is 5.67. The number of hydrogen-bond acceptors (Lipinski definition) is 4. The summed E-state index contributed by atoms with van der Waals surface area (Å²) in [5.41, 5.74) is 2.76. The van der Waals surface area contributed by atoms with E-state index in [9.17, 15) is 14.4 Å². The van der Waals surface area contributed by atoms with Gasteiger partial charge in [-0.05, 0) is 38.3 Å². The van der Waals surface area contributed by atoms with Crippen molar-refractivity contribution in [1.29, 1.82) is 0 Å². The second-order valence-corrected chi connectivity index (χ2v) is 6.93. The topological polar surface area (TPSA) is 84.5 Å². The predicted octanol–water partition coefficient (Wildman–Crippen LogP) is 3.01. The highest BCUT2D eigenvalue weighted by molar-refractivity contribution is 5.93. The average Bonchev–Trinajstić information content (AvgIpc) is 2.61. The summed E-state index contributed by atoms with van der Waals surface area (Å²) in [6.45, 7) is 3.53. The molecule has 0 heterocycles. The van der Waals surface area contributed by atoms with Crippen molar-refractivity contribution in [2.45, 2.75) is 64.8 Å². The Labute approximate surface area is 154 Å². The molecule has 2 rings (SSSR count). The first kappa shape index (κ1) is 19.9. The molecule has 142 valence electrons. The number of anilines is 1. The third-order valence-corrected chi connectivity index (χ3v) is 4.55. The lowest BCUT2D eigenvalue weighted by Gasteiger charge is -2.22. The third kappa shape index (κ3) is 6.86. The van der Waals surface area contributed by atoms with Gasteiger partial charge in [0.1, 0.15) is 0 Å². The van der Waals surface area contributed by atoms with Crippen molar-refractivity contribution in [2.24, 2.45) is 0 Å². The minimum atomic E-state index is -0.542. The molecule has 0 spiro atoms. The van der Waals surface area contributed by atoms with Gasteiger partial charge >= 0.3 is 5.97 Å². The monoisotopic (exact) mass is 360 g/mol. The van der Waals surface area contributed by atoms with E-state index in [1.165, 1.54) is 6.42 Å². The Morgan fingerprint density at radius 2 is 1.77 bits per heavy atom. The standard InChI is InChI=1S/C20H28N2O4/c1-14-8-9-17(15(2)12-14)22-19(24)13-26-20(25)11-10-18(23)21-16-6-4-3-5-7-16/h8-9,12,16H,3-7,10-11,13H2,1-2H3,(H,21,23)(H,22,24). The number of ether oxygens (including phenoxy) is 1. The predicted molar refractivity (Wildman–Crippen MR) is 99.8 cm³/mol. The van der Waals surface area contributed by atoms with Crippen LogP contribution in [0.3, 0.4) is 0 Å². The van der Waals surface area contributed by atoms with Crippen molar-refractivity contribution in [3.8, 4) is 0 Å². The van der Waals surface area contributed by atoms with Gasteiger partial charge in [-0.2, -0.15) is 0 Å². The average molecular weight is 360 g/mol. The van der Waals surface area contributed by atoms with E-state index in [0.29, 0.717) is 5.69 Å². The number of carbonyl (C=O) groups excluding carboxylic acids is 3. The highest BCUT2D eigenvalue weighted by Gasteiger charge is 2.17. The van der Waals surface area contributed by atoms with Gasteiger partial charge in [-0.1, -0.05) is 37.0 Å². The van der Waals surface area contributed by atoms with Gasteiger partial charge in [-0.25, -0.2) is 0 Å². The van der Waals surface area contributed by atoms with Gasteiger partial charge in [0.25, 0.3) is 5.91 Å². The molecule has 26 heavy (non-hydrogen) atoms. The van der Waals surface area contributed by atoms with Gasteiger partial charge in [0, 0.05) is 18.2 Å². The number of esters is 1. The van der Waals surface area contributed by atoms with E-state index < -0.39 is 11.9 Å². The van der Waals surface area contributed by atoms with Crippen molar-refractivity contribution < 1.29 is 19.1 Å². The first-order chi connectivity index (χ1) is 12.4. The van der Waals surface area contributed by atoms with Gasteiger partial charge in [-0.3, -0.25) is 14.4 Å². The van der Waals surface area contributed by atoms with E-state index in [1.807, 2.05) is 32.0 Å². The maximum atomic E-state index is 11.9. The molecule has 0 bridgehead atoms. The molecular formula is C20H28N2O4.